The maximum absolute atomic E-state index is 6.25. The molecule has 0 saturated heterocycles. The molecule has 0 radical (unpaired) electrons. The molecule has 1 atom stereocenters. The number of fused-ring (bicyclic) bond motifs is 1. The minimum atomic E-state index is 0.0673. The van der Waals surface area contributed by atoms with E-state index in [0.29, 0.717) is 10.0 Å². The molecule has 102 valence electrons. The maximum Gasteiger partial charge on any atom is 0.0598 e. The third kappa shape index (κ3) is 2.26. The zero-order valence-electron chi connectivity index (χ0n) is 11.2. The second-order valence-electron chi connectivity index (χ2n) is 5.18. The van der Waals surface area contributed by atoms with Crippen molar-refractivity contribution in [1.29, 1.82) is 0 Å². The molecule has 20 heavy (non-hydrogen) atoms. The van der Waals surface area contributed by atoms with Crippen LogP contribution in [0.5, 0.6) is 0 Å². The van der Waals surface area contributed by atoms with E-state index in [1.54, 1.807) is 0 Å². The highest BCUT2D eigenvalue weighted by Crippen LogP contribution is 2.40. The Morgan fingerprint density at radius 2 is 1.80 bits per heavy atom. The maximum atomic E-state index is 6.25. The van der Waals surface area contributed by atoms with Gasteiger partial charge in [0, 0.05) is 6.04 Å². The second kappa shape index (κ2) is 5.25. The first-order valence-electron chi connectivity index (χ1n) is 6.58. The lowest BCUT2D eigenvalue weighted by atomic mass is 9.80. The minimum absolute atomic E-state index is 0.0673. The summed E-state index contributed by atoms with van der Waals surface area (Å²) in [5.74, 6) is 0. The van der Waals surface area contributed by atoms with Gasteiger partial charge in [-0.15, -0.1) is 0 Å². The highest BCUT2D eigenvalue weighted by molar-refractivity contribution is 6.42. The normalized spacial score (nSPS) is 18.1. The number of halogens is 2. The van der Waals surface area contributed by atoms with Gasteiger partial charge in [-0.25, -0.2) is 0 Å². The van der Waals surface area contributed by atoms with Crippen molar-refractivity contribution in [2.75, 3.05) is 0 Å². The molecule has 1 aliphatic rings. The Kier molecular flexibility index (Phi) is 3.59. The molecule has 1 aliphatic carbocycles. The van der Waals surface area contributed by atoms with Gasteiger partial charge in [-0.05, 0) is 47.7 Å². The molecule has 0 fully saturated rings. The summed E-state index contributed by atoms with van der Waals surface area (Å²) in [5.41, 5.74) is 12.2. The molecule has 0 bridgehead atoms. The van der Waals surface area contributed by atoms with Crippen LogP contribution in [0.25, 0.3) is 5.57 Å². The van der Waals surface area contributed by atoms with Crippen LogP contribution >= 0.6 is 23.2 Å². The molecule has 0 aliphatic heterocycles. The molecule has 2 N–H and O–H groups in total. The van der Waals surface area contributed by atoms with Gasteiger partial charge in [-0.1, -0.05) is 59.1 Å². The highest BCUT2D eigenvalue weighted by atomic mass is 35.5. The van der Waals surface area contributed by atoms with E-state index < -0.39 is 0 Å². The van der Waals surface area contributed by atoms with E-state index in [1.165, 1.54) is 22.3 Å². The monoisotopic (exact) mass is 303 g/mol. The topological polar surface area (TPSA) is 26.0 Å². The Balaban J connectivity index is 2.21. The molecule has 0 spiro atoms. The van der Waals surface area contributed by atoms with Crippen molar-refractivity contribution in [3.05, 3.63) is 74.8 Å². The summed E-state index contributed by atoms with van der Waals surface area (Å²) >= 11 is 12.2. The van der Waals surface area contributed by atoms with Crippen molar-refractivity contribution in [2.45, 2.75) is 19.4 Å². The van der Waals surface area contributed by atoms with Crippen molar-refractivity contribution in [2.24, 2.45) is 5.73 Å². The van der Waals surface area contributed by atoms with Gasteiger partial charge in [0.2, 0.25) is 0 Å². The predicted octanol–water partition coefficient (Wildman–Crippen LogP) is 5.22. The minimum Gasteiger partial charge on any atom is -0.324 e. The summed E-state index contributed by atoms with van der Waals surface area (Å²) in [5, 5.41) is 1.16. The molecule has 0 heterocycles. The smallest absolute Gasteiger partial charge is 0.0598 e. The first kappa shape index (κ1) is 13.7. The SMILES string of the molecule is CC1=C(c2ccc(Cl)c(Cl)c2)c2ccccc2[C@H](N)C1. The summed E-state index contributed by atoms with van der Waals surface area (Å²) in [6, 6.07) is 14.2. The quantitative estimate of drug-likeness (QED) is 0.768. The van der Waals surface area contributed by atoms with Gasteiger partial charge >= 0.3 is 0 Å². The molecule has 3 rings (SSSR count). The fourth-order valence-electron chi connectivity index (χ4n) is 2.87. The van der Waals surface area contributed by atoms with Crippen LogP contribution in [0, 0.1) is 0 Å². The van der Waals surface area contributed by atoms with E-state index in [-0.39, 0.29) is 6.04 Å². The summed E-state index contributed by atoms with van der Waals surface area (Å²) in [4.78, 5) is 0. The predicted molar refractivity (Wildman–Crippen MR) is 86.1 cm³/mol. The Labute approximate surface area is 129 Å². The molecule has 0 aromatic heterocycles. The number of benzene rings is 2. The molecule has 1 nitrogen and oxygen atoms in total. The van der Waals surface area contributed by atoms with Gasteiger partial charge < -0.3 is 5.73 Å². The van der Waals surface area contributed by atoms with Crippen molar-refractivity contribution in [3.63, 3.8) is 0 Å². The van der Waals surface area contributed by atoms with Gasteiger partial charge in [0.25, 0.3) is 0 Å². The Morgan fingerprint density at radius 3 is 2.55 bits per heavy atom. The summed E-state index contributed by atoms with van der Waals surface area (Å²) < 4.78 is 0. The standard InChI is InChI=1S/C17H15Cl2N/c1-10-8-16(20)12-4-2-3-5-13(12)17(10)11-6-7-14(18)15(19)9-11/h2-7,9,16H,8,20H2,1H3/t16-/m1/s1. The molecular weight excluding hydrogens is 289 g/mol. The lowest BCUT2D eigenvalue weighted by Crippen LogP contribution is -2.17. The summed E-state index contributed by atoms with van der Waals surface area (Å²) in [6.07, 6.45) is 0.868. The van der Waals surface area contributed by atoms with Crippen molar-refractivity contribution in [1.82, 2.24) is 0 Å². The average Bonchev–Trinajstić information content (AvgIpc) is 2.43. The van der Waals surface area contributed by atoms with Crippen LogP contribution in [0.3, 0.4) is 0 Å². The van der Waals surface area contributed by atoms with E-state index in [0.717, 1.165) is 12.0 Å². The van der Waals surface area contributed by atoms with Gasteiger partial charge in [0.15, 0.2) is 0 Å². The molecular formula is C17H15Cl2N. The van der Waals surface area contributed by atoms with E-state index in [9.17, 15) is 0 Å². The van der Waals surface area contributed by atoms with Crippen LogP contribution in [0.15, 0.2) is 48.0 Å². The van der Waals surface area contributed by atoms with Gasteiger partial charge in [0.05, 0.1) is 10.0 Å². The van der Waals surface area contributed by atoms with Crippen molar-refractivity contribution in [3.8, 4) is 0 Å². The van der Waals surface area contributed by atoms with Gasteiger partial charge in [-0.3, -0.25) is 0 Å². The fraction of sp³-hybridized carbons (Fsp3) is 0.176. The third-order valence-corrected chi connectivity index (χ3v) is 4.53. The lowest BCUT2D eigenvalue weighted by molar-refractivity contribution is 0.703. The molecule has 3 heteroatoms. The molecule has 2 aromatic rings. The molecule has 0 amide bonds. The number of hydrogen-bond donors (Lipinski definition) is 1. The van der Waals surface area contributed by atoms with E-state index in [2.05, 4.69) is 19.1 Å². The Bertz CT molecular complexity index is 704. The van der Waals surface area contributed by atoms with E-state index in [4.69, 9.17) is 28.9 Å². The van der Waals surface area contributed by atoms with Gasteiger partial charge in [-0.2, -0.15) is 0 Å². The summed E-state index contributed by atoms with van der Waals surface area (Å²) in [6.45, 7) is 2.13. The van der Waals surface area contributed by atoms with Crippen molar-refractivity contribution >= 4 is 28.8 Å². The Hall–Kier alpha value is -1.28. The van der Waals surface area contributed by atoms with Crippen molar-refractivity contribution < 1.29 is 0 Å². The van der Waals surface area contributed by atoms with Crippen LogP contribution in [0.1, 0.15) is 36.1 Å². The molecule has 2 aromatic carbocycles. The van der Waals surface area contributed by atoms with Crippen LogP contribution in [0.4, 0.5) is 0 Å². The van der Waals surface area contributed by atoms with E-state index in [1.807, 2.05) is 30.3 Å². The first-order valence-corrected chi connectivity index (χ1v) is 7.33. The summed E-state index contributed by atoms with van der Waals surface area (Å²) in [7, 11) is 0. The molecule has 0 saturated carbocycles. The third-order valence-electron chi connectivity index (χ3n) is 3.79. The molecule has 0 unspecified atom stereocenters. The van der Waals surface area contributed by atoms with Crippen LogP contribution in [-0.4, -0.2) is 0 Å². The van der Waals surface area contributed by atoms with Gasteiger partial charge in [0.1, 0.15) is 0 Å². The van der Waals surface area contributed by atoms with Crippen LogP contribution < -0.4 is 5.73 Å². The zero-order valence-corrected chi connectivity index (χ0v) is 12.7. The number of hydrogen-bond acceptors (Lipinski definition) is 1. The average molecular weight is 304 g/mol. The lowest BCUT2D eigenvalue weighted by Gasteiger charge is -2.27. The van der Waals surface area contributed by atoms with Crippen LogP contribution in [-0.2, 0) is 0 Å². The largest absolute Gasteiger partial charge is 0.324 e. The highest BCUT2D eigenvalue weighted by Gasteiger charge is 2.23. The van der Waals surface area contributed by atoms with E-state index >= 15 is 0 Å². The number of rotatable bonds is 1. The Morgan fingerprint density at radius 1 is 1.05 bits per heavy atom. The number of nitrogens with two attached hydrogens (primary N) is 1. The fourth-order valence-corrected chi connectivity index (χ4v) is 3.17. The van der Waals surface area contributed by atoms with Crippen LogP contribution in [0.2, 0.25) is 10.0 Å². The second-order valence-corrected chi connectivity index (χ2v) is 6.00. The first-order chi connectivity index (χ1) is 9.58. The zero-order chi connectivity index (χ0) is 14.3.